The van der Waals surface area contributed by atoms with Crippen LogP contribution in [0.1, 0.15) is 75.0 Å². The second-order valence-corrected chi connectivity index (χ2v) is 12.2. The average molecular weight is 523 g/mol. The van der Waals surface area contributed by atoms with Gasteiger partial charge in [-0.15, -0.1) is 11.8 Å². The van der Waals surface area contributed by atoms with Crippen molar-refractivity contribution in [1.82, 2.24) is 9.88 Å². The Balaban J connectivity index is 1.24. The zero-order valence-electron chi connectivity index (χ0n) is 21.4. The molecule has 0 amide bonds. The highest BCUT2D eigenvalue weighted by Crippen LogP contribution is 2.40. The highest BCUT2D eigenvalue weighted by molar-refractivity contribution is 7.99. The molecule has 0 radical (unpaired) electrons. The Labute approximate surface area is 226 Å². The molecule has 1 saturated carbocycles. The van der Waals surface area contributed by atoms with Gasteiger partial charge in [0.15, 0.2) is 0 Å². The summed E-state index contributed by atoms with van der Waals surface area (Å²) in [4.78, 5) is 8.75. The van der Waals surface area contributed by atoms with Crippen LogP contribution in [0.5, 0.6) is 0 Å². The molecule has 0 spiro atoms. The summed E-state index contributed by atoms with van der Waals surface area (Å²) in [5, 5.41) is 0.805. The van der Waals surface area contributed by atoms with Crippen LogP contribution >= 0.6 is 23.4 Å². The van der Waals surface area contributed by atoms with Gasteiger partial charge in [-0.1, -0.05) is 74.5 Å². The normalized spacial score (nSPS) is 22.5. The molecule has 1 saturated heterocycles. The van der Waals surface area contributed by atoms with Gasteiger partial charge >= 0.3 is 0 Å². The standard InChI is InChI=1S/C31H39ClN2OS/c1-2-23-17-18-34(20-26(23)22-36-29-15-13-27(32)14-16-29)21-28-19-33-31(35-28)30(24-9-5-3-6-10-24)25-11-7-4-8-12-25/h3,5-6,9-10,13-16,19,23,25-26,30H,2,4,7-8,11-12,17-18,20-22H2,1H3. The second kappa shape index (κ2) is 12.7. The van der Waals surface area contributed by atoms with E-state index in [-0.39, 0.29) is 5.92 Å². The van der Waals surface area contributed by atoms with Gasteiger partial charge < -0.3 is 4.42 Å². The highest BCUT2D eigenvalue weighted by atomic mass is 35.5. The van der Waals surface area contributed by atoms with Crippen LogP contribution in [0, 0.1) is 17.8 Å². The number of likely N-dealkylation sites (tertiary alicyclic amines) is 1. The number of hydrogen-bond acceptors (Lipinski definition) is 4. The fourth-order valence-electron chi connectivity index (χ4n) is 6.26. The third-order valence-electron chi connectivity index (χ3n) is 8.27. The van der Waals surface area contributed by atoms with Crippen molar-refractivity contribution in [1.29, 1.82) is 0 Å². The molecule has 3 aromatic rings. The second-order valence-electron chi connectivity index (χ2n) is 10.7. The largest absolute Gasteiger partial charge is 0.444 e. The van der Waals surface area contributed by atoms with Gasteiger partial charge in [0.1, 0.15) is 5.76 Å². The summed E-state index contributed by atoms with van der Waals surface area (Å²) in [6.45, 7) is 5.47. The summed E-state index contributed by atoms with van der Waals surface area (Å²) in [6, 6.07) is 19.2. The average Bonchev–Trinajstić information content (AvgIpc) is 3.37. The molecule has 1 aromatic heterocycles. The van der Waals surface area contributed by atoms with Gasteiger partial charge in [0.2, 0.25) is 5.89 Å². The smallest absolute Gasteiger partial charge is 0.202 e. The molecule has 2 aromatic carbocycles. The van der Waals surface area contributed by atoms with Crippen LogP contribution in [-0.2, 0) is 6.54 Å². The molecular weight excluding hydrogens is 484 g/mol. The minimum atomic E-state index is 0.273. The third-order valence-corrected chi connectivity index (χ3v) is 9.73. The van der Waals surface area contributed by atoms with E-state index >= 15 is 0 Å². The van der Waals surface area contributed by atoms with E-state index in [4.69, 9.17) is 21.0 Å². The van der Waals surface area contributed by atoms with Crippen molar-refractivity contribution in [2.45, 2.75) is 69.2 Å². The van der Waals surface area contributed by atoms with Crippen molar-refractivity contribution < 1.29 is 4.42 Å². The molecule has 2 heterocycles. The molecule has 192 valence electrons. The Hall–Kier alpha value is -1.75. The van der Waals surface area contributed by atoms with Crippen LogP contribution in [0.25, 0.3) is 0 Å². The summed E-state index contributed by atoms with van der Waals surface area (Å²) in [5.41, 5.74) is 1.35. The number of thioether (sulfide) groups is 1. The first-order valence-corrected chi connectivity index (χ1v) is 15.2. The van der Waals surface area contributed by atoms with Crippen molar-refractivity contribution in [3.05, 3.63) is 83.0 Å². The Morgan fingerprint density at radius 2 is 1.78 bits per heavy atom. The number of hydrogen-bond donors (Lipinski definition) is 0. The van der Waals surface area contributed by atoms with Crippen LogP contribution in [-0.4, -0.2) is 28.7 Å². The van der Waals surface area contributed by atoms with Crippen LogP contribution in [0.2, 0.25) is 5.02 Å². The minimum absolute atomic E-state index is 0.273. The summed E-state index contributed by atoms with van der Waals surface area (Å²) in [6.07, 6.45) is 11.1. The lowest BCUT2D eigenvalue weighted by atomic mass is 9.77. The van der Waals surface area contributed by atoms with Crippen LogP contribution in [0.15, 0.2) is 70.1 Å². The summed E-state index contributed by atoms with van der Waals surface area (Å²) in [5.74, 6) is 5.46. The molecule has 3 nitrogen and oxygen atoms in total. The number of piperidine rings is 1. The van der Waals surface area contributed by atoms with Crippen molar-refractivity contribution >= 4 is 23.4 Å². The molecule has 0 bridgehead atoms. The van der Waals surface area contributed by atoms with E-state index in [1.165, 1.54) is 55.4 Å². The predicted molar refractivity (Wildman–Crippen MR) is 151 cm³/mol. The predicted octanol–water partition coefficient (Wildman–Crippen LogP) is 8.68. The van der Waals surface area contributed by atoms with Gasteiger partial charge in [-0.25, -0.2) is 4.98 Å². The van der Waals surface area contributed by atoms with E-state index in [0.29, 0.717) is 11.8 Å². The molecule has 36 heavy (non-hydrogen) atoms. The van der Waals surface area contributed by atoms with Gasteiger partial charge in [0.25, 0.3) is 0 Å². The van der Waals surface area contributed by atoms with E-state index in [2.05, 4.69) is 54.3 Å². The summed E-state index contributed by atoms with van der Waals surface area (Å²) < 4.78 is 6.51. The molecule has 1 aliphatic carbocycles. The zero-order valence-corrected chi connectivity index (χ0v) is 23.0. The minimum Gasteiger partial charge on any atom is -0.444 e. The number of nitrogens with zero attached hydrogens (tertiary/aromatic N) is 2. The van der Waals surface area contributed by atoms with Gasteiger partial charge in [-0.2, -0.15) is 0 Å². The van der Waals surface area contributed by atoms with Gasteiger partial charge in [-0.05, 0) is 73.4 Å². The molecule has 5 rings (SSSR count). The van der Waals surface area contributed by atoms with Crippen molar-refractivity contribution in [3.63, 3.8) is 0 Å². The van der Waals surface area contributed by atoms with E-state index in [9.17, 15) is 0 Å². The van der Waals surface area contributed by atoms with Crippen LogP contribution < -0.4 is 0 Å². The molecular formula is C31H39ClN2OS. The van der Waals surface area contributed by atoms with E-state index in [0.717, 1.165) is 48.0 Å². The van der Waals surface area contributed by atoms with Gasteiger partial charge in [0.05, 0.1) is 18.7 Å². The Morgan fingerprint density at radius 1 is 1.00 bits per heavy atom. The molecule has 3 unspecified atom stereocenters. The third kappa shape index (κ3) is 6.57. The molecule has 0 N–H and O–H groups in total. The first kappa shape index (κ1) is 25.9. The molecule has 5 heteroatoms. The number of aromatic nitrogens is 1. The number of benzene rings is 2. The molecule has 2 fully saturated rings. The number of oxazole rings is 1. The summed E-state index contributed by atoms with van der Waals surface area (Å²) in [7, 11) is 0. The lowest BCUT2D eigenvalue weighted by Gasteiger charge is -2.38. The van der Waals surface area contributed by atoms with E-state index in [1.54, 1.807) is 0 Å². The fraction of sp³-hybridized carbons (Fsp3) is 0.516. The highest BCUT2D eigenvalue weighted by Gasteiger charge is 2.32. The van der Waals surface area contributed by atoms with Crippen LogP contribution in [0.3, 0.4) is 0 Å². The summed E-state index contributed by atoms with van der Waals surface area (Å²) >= 11 is 8.04. The maximum Gasteiger partial charge on any atom is 0.202 e. The topological polar surface area (TPSA) is 29.3 Å². The van der Waals surface area contributed by atoms with Gasteiger partial charge in [0, 0.05) is 22.2 Å². The Bertz CT molecular complexity index is 1060. The van der Waals surface area contributed by atoms with E-state index < -0.39 is 0 Å². The van der Waals surface area contributed by atoms with Crippen molar-refractivity contribution in [3.8, 4) is 0 Å². The Kier molecular flexibility index (Phi) is 9.11. The Morgan fingerprint density at radius 3 is 2.53 bits per heavy atom. The maximum absolute atomic E-state index is 6.51. The molecule has 3 atom stereocenters. The van der Waals surface area contributed by atoms with Crippen molar-refractivity contribution in [2.24, 2.45) is 17.8 Å². The lowest BCUT2D eigenvalue weighted by molar-refractivity contribution is 0.115. The van der Waals surface area contributed by atoms with Crippen molar-refractivity contribution in [2.75, 3.05) is 18.8 Å². The lowest BCUT2D eigenvalue weighted by Crippen LogP contribution is -2.40. The number of rotatable bonds is 9. The number of halogens is 1. The van der Waals surface area contributed by atoms with Crippen LogP contribution in [0.4, 0.5) is 0 Å². The first-order valence-electron chi connectivity index (χ1n) is 13.8. The molecule has 1 aliphatic heterocycles. The maximum atomic E-state index is 6.51. The zero-order chi connectivity index (χ0) is 24.7. The van der Waals surface area contributed by atoms with Gasteiger partial charge in [-0.3, -0.25) is 4.90 Å². The first-order chi connectivity index (χ1) is 17.7. The molecule has 2 aliphatic rings. The monoisotopic (exact) mass is 522 g/mol. The fourth-order valence-corrected chi connectivity index (χ4v) is 7.50. The van der Waals surface area contributed by atoms with E-state index in [1.807, 2.05) is 30.1 Å². The SMILES string of the molecule is CCC1CCN(Cc2cnc(C(c3ccccc3)C3CCCCC3)o2)CC1CSc1ccc(Cl)cc1. The quantitative estimate of drug-likeness (QED) is 0.263.